The summed E-state index contributed by atoms with van der Waals surface area (Å²) < 4.78 is 7.50. The number of nitrogens with zero attached hydrogens (tertiary/aromatic N) is 5. The van der Waals surface area contributed by atoms with Gasteiger partial charge >= 0.3 is 0 Å². The minimum atomic E-state index is -1.17. The summed E-state index contributed by atoms with van der Waals surface area (Å²) in [7, 11) is 0. The molecule has 0 saturated carbocycles. The molecule has 1 fully saturated rings. The Morgan fingerprint density at radius 2 is 2.12 bits per heavy atom. The normalized spacial score (nSPS) is 36.2. The van der Waals surface area contributed by atoms with Crippen molar-refractivity contribution in [2.45, 2.75) is 47.9 Å². The van der Waals surface area contributed by atoms with Crippen molar-refractivity contribution in [1.29, 1.82) is 0 Å². The van der Waals surface area contributed by atoms with E-state index < -0.39 is 24.5 Å². The summed E-state index contributed by atoms with van der Waals surface area (Å²) in [4.78, 5) is 15.6. The Labute approximate surface area is 158 Å². The number of fused-ring (bicyclic) bond motifs is 3. The number of hydrogen-bond acceptors (Lipinski definition) is 8. The fourth-order valence-corrected chi connectivity index (χ4v) is 3.83. The quantitative estimate of drug-likeness (QED) is 0.416. The van der Waals surface area contributed by atoms with E-state index in [1.807, 2.05) is 4.90 Å². The molecule has 10 heteroatoms. The molecule has 136 valence electrons. The third kappa shape index (κ3) is 2.46. The molecule has 3 N–H and O–H groups in total. The van der Waals surface area contributed by atoms with E-state index in [9.17, 15) is 15.3 Å². The molecule has 4 heterocycles. The first-order chi connectivity index (χ1) is 11.9. The van der Waals surface area contributed by atoms with Crippen LogP contribution in [0.15, 0.2) is 16.3 Å². The second-order valence-electron chi connectivity index (χ2n) is 6.95. The maximum absolute atomic E-state index is 10.3. The number of aliphatic hydroxyl groups is 3. The Balaban J connectivity index is 1.72. The van der Waals surface area contributed by atoms with E-state index in [4.69, 9.17) is 4.74 Å². The Morgan fingerprint density at radius 3 is 2.80 bits per heavy atom. The number of imidazole rings is 1. The molecule has 25 heavy (non-hydrogen) atoms. The van der Waals surface area contributed by atoms with Crippen molar-refractivity contribution in [3.05, 3.63) is 12.0 Å². The highest BCUT2D eigenvalue weighted by molar-refractivity contribution is 14.1. The molecule has 1 aromatic rings. The van der Waals surface area contributed by atoms with Crippen molar-refractivity contribution >= 4 is 40.6 Å². The first kappa shape index (κ1) is 17.3. The fraction of sp³-hybridized carbons (Fsp3) is 0.667. The number of ether oxygens (including phenoxy) is 1. The van der Waals surface area contributed by atoms with Crippen LogP contribution in [0.25, 0.3) is 0 Å². The molecule has 0 amide bonds. The summed E-state index contributed by atoms with van der Waals surface area (Å²) in [6.07, 6.45) is -0.785. The van der Waals surface area contributed by atoms with E-state index in [1.165, 1.54) is 6.33 Å². The smallest absolute Gasteiger partial charge is 0.167 e. The van der Waals surface area contributed by atoms with Crippen LogP contribution in [0.5, 0.6) is 0 Å². The van der Waals surface area contributed by atoms with Crippen molar-refractivity contribution in [2.75, 3.05) is 13.2 Å². The van der Waals surface area contributed by atoms with Crippen molar-refractivity contribution < 1.29 is 20.1 Å². The standard InChI is InChI=1S/C15H20IN5O4/c1-15(2)8(16)3-17-13-9-12(19-6-21(13)15)20(5-18-9)14-11(24)10(23)7(4-22)25-14/h5-8,10-11,14,22-24H,3-4H2,1-2H3. The Kier molecular flexibility index (Phi) is 4.15. The monoisotopic (exact) mass is 461 g/mol. The number of amidine groups is 1. The van der Waals surface area contributed by atoms with Crippen LogP contribution >= 0.6 is 22.6 Å². The summed E-state index contributed by atoms with van der Waals surface area (Å²) >= 11 is 2.39. The van der Waals surface area contributed by atoms with Gasteiger partial charge in [-0.05, 0) is 13.8 Å². The summed E-state index contributed by atoms with van der Waals surface area (Å²) in [6, 6.07) is 0. The van der Waals surface area contributed by atoms with E-state index in [-0.39, 0.29) is 12.1 Å². The molecule has 1 aromatic heterocycles. The van der Waals surface area contributed by atoms with Gasteiger partial charge in [0.1, 0.15) is 18.3 Å². The van der Waals surface area contributed by atoms with E-state index in [0.717, 1.165) is 5.84 Å². The second kappa shape index (κ2) is 5.98. The number of aliphatic imine (C=N–C) groups is 2. The second-order valence-corrected chi connectivity index (χ2v) is 8.46. The largest absolute Gasteiger partial charge is 0.394 e. The van der Waals surface area contributed by atoms with Gasteiger partial charge in [-0.1, -0.05) is 22.6 Å². The van der Waals surface area contributed by atoms with E-state index >= 15 is 0 Å². The van der Waals surface area contributed by atoms with Gasteiger partial charge < -0.3 is 25.0 Å². The lowest BCUT2D eigenvalue weighted by Gasteiger charge is -2.44. The zero-order valence-corrected chi connectivity index (χ0v) is 16.0. The number of rotatable bonds is 2. The molecule has 0 radical (unpaired) electrons. The fourth-order valence-electron chi connectivity index (χ4n) is 3.33. The van der Waals surface area contributed by atoms with Crippen LogP contribution < -0.4 is 0 Å². The van der Waals surface area contributed by atoms with Gasteiger partial charge in [0.25, 0.3) is 0 Å². The van der Waals surface area contributed by atoms with Crippen molar-refractivity contribution in [1.82, 2.24) is 14.5 Å². The van der Waals surface area contributed by atoms with Crippen molar-refractivity contribution in [3.63, 3.8) is 0 Å². The predicted molar refractivity (Wildman–Crippen MR) is 98.5 cm³/mol. The maximum atomic E-state index is 10.3. The number of hydrogen-bond donors (Lipinski definition) is 3. The third-order valence-corrected chi connectivity index (χ3v) is 7.00. The minimum absolute atomic E-state index is 0.149. The van der Waals surface area contributed by atoms with Crippen LogP contribution in [0, 0.1) is 0 Å². The molecule has 9 nitrogen and oxygen atoms in total. The molecular weight excluding hydrogens is 441 g/mol. The molecule has 3 aliphatic heterocycles. The number of aliphatic hydroxyl groups excluding tert-OH is 3. The van der Waals surface area contributed by atoms with Crippen molar-refractivity contribution in [3.8, 4) is 0 Å². The van der Waals surface area contributed by atoms with Crippen LogP contribution in [-0.2, 0) is 4.74 Å². The lowest BCUT2D eigenvalue weighted by Crippen LogP contribution is -2.57. The van der Waals surface area contributed by atoms with Gasteiger partial charge in [-0.25, -0.2) is 9.98 Å². The van der Waals surface area contributed by atoms with Gasteiger partial charge in [0.15, 0.2) is 23.6 Å². The summed E-state index contributed by atoms with van der Waals surface area (Å²) in [5, 5.41) is 29.5. The first-order valence-corrected chi connectivity index (χ1v) is 9.32. The molecule has 0 aromatic carbocycles. The zero-order chi connectivity index (χ0) is 17.9. The van der Waals surface area contributed by atoms with Crippen LogP contribution in [-0.4, -0.2) is 82.9 Å². The van der Waals surface area contributed by atoms with Crippen LogP contribution in [0.3, 0.4) is 0 Å². The molecule has 4 rings (SSSR count). The summed E-state index contributed by atoms with van der Waals surface area (Å²) in [6.45, 7) is 4.59. The van der Waals surface area contributed by atoms with Gasteiger partial charge in [-0.15, -0.1) is 0 Å². The molecule has 5 unspecified atom stereocenters. The van der Waals surface area contributed by atoms with Gasteiger partial charge in [0.05, 0.1) is 35.3 Å². The van der Waals surface area contributed by atoms with Crippen molar-refractivity contribution in [2.24, 2.45) is 9.98 Å². The third-order valence-electron chi connectivity index (χ3n) is 5.08. The highest BCUT2D eigenvalue weighted by atomic mass is 127. The van der Waals surface area contributed by atoms with Gasteiger partial charge in [-0.2, -0.15) is 0 Å². The molecular formula is C15H20IN5O4. The van der Waals surface area contributed by atoms with Gasteiger partial charge in [0, 0.05) is 0 Å². The average Bonchev–Trinajstić information content (AvgIpc) is 3.13. The Hall–Kier alpha value is -1.08. The van der Waals surface area contributed by atoms with Crippen LogP contribution in [0.4, 0.5) is 5.82 Å². The maximum Gasteiger partial charge on any atom is 0.167 e. The van der Waals surface area contributed by atoms with E-state index in [0.29, 0.717) is 22.0 Å². The molecule has 3 aliphatic rings. The number of halogens is 1. The highest BCUT2D eigenvalue weighted by Crippen LogP contribution is 2.38. The molecule has 0 spiro atoms. The lowest BCUT2D eigenvalue weighted by atomic mass is 9.95. The molecule has 0 aliphatic carbocycles. The Bertz CT molecular complexity index is 748. The lowest BCUT2D eigenvalue weighted by molar-refractivity contribution is -0.0520. The molecule has 5 atom stereocenters. The van der Waals surface area contributed by atoms with Crippen LogP contribution in [0.1, 0.15) is 25.8 Å². The highest BCUT2D eigenvalue weighted by Gasteiger charge is 2.46. The Morgan fingerprint density at radius 1 is 1.36 bits per heavy atom. The van der Waals surface area contributed by atoms with Crippen LogP contribution in [0.2, 0.25) is 0 Å². The predicted octanol–water partition coefficient (Wildman–Crippen LogP) is -0.188. The van der Waals surface area contributed by atoms with E-state index in [1.54, 1.807) is 10.9 Å². The topological polar surface area (TPSA) is 116 Å². The zero-order valence-electron chi connectivity index (χ0n) is 13.8. The van der Waals surface area contributed by atoms with Gasteiger partial charge in [-0.3, -0.25) is 9.56 Å². The molecule has 1 saturated heterocycles. The summed E-state index contributed by atoms with van der Waals surface area (Å²) in [5.41, 5.74) is 0.473. The number of alkyl halides is 1. The number of aromatic nitrogens is 2. The first-order valence-electron chi connectivity index (χ1n) is 8.08. The van der Waals surface area contributed by atoms with E-state index in [2.05, 4.69) is 51.4 Å². The molecule has 0 bridgehead atoms. The average molecular weight is 461 g/mol. The van der Waals surface area contributed by atoms with Gasteiger partial charge in [0.2, 0.25) is 0 Å². The minimum Gasteiger partial charge on any atom is -0.394 e. The SMILES string of the molecule is CC1(C)C(I)CN=C2c3ncn(C4OC(CO)C(O)C4O)c3N=CN21. The summed E-state index contributed by atoms with van der Waals surface area (Å²) in [5.74, 6) is 1.26.